The number of likely N-dealkylation sites (tertiary alicyclic amines) is 1. The molecule has 3 rings (SSSR count). The number of nitrogens with zero attached hydrogens (tertiary/aromatic N) is 3. The predicted octanol–water partition coefficient (Wildman–Crippen LogP) is 1.76. The summed E-state index contributed by atoms with van der Waals surface area (Å²) in [5, 5.41) is 6.62. The van der Waals surface area contributed by atoms with E-state index in [1.807, 2.05) is 11.6 Å². The zero-order valence-corrected chi connectivity index (χ0v) is 13.5. The topological polar surface area (TPSA) is 49.8 Å². The van der Waals surface area contributed by atoms with Crippen molar-refractivity contribution in [3.8, 4) is 0 Å². The van der Waals surface area contributed by atoms with Gasteiger partial charge in [0.05, 0.1) is 11.6 Å². The number of guanidine groups is 1. The Kier molecular flexibility index (Phi) is 4.75. The standard InChI is InChI=1S/C15H24N4OS/c1-2-16-14(18-6-3-13-17-7-10-21-13)19-8-4-15(11-19)5-9-20-12-15/h7,10H,2-6,8-9,11-12H2,1H3,(H,16,18). The van der Waals surface area contributed by atoms with Crippen LogP contribution in [-0.2, 0) is 11.2 Å². The highest BCUT2D eigenvalue weighted by atomic mass is 32.1. The van der Waals surface area contributed by atoms with E-state index in [1.54, 1.807) is 11.3 Å². The van der Waals surface area contributed by atoms with Gasteiger partial charge in [0.1, 0.15) is 0 Å². The Morgan fingerprint density at radius 3 is 3.24 bits per heavy atom. The fourth-order valence-corrected chi connectivity index (χ4v) is 3.76. The van der Waals surface area contributed by atoms with E-state index in [-0.39, 0.29) is 0 Å². The van der Waals surface area contributed by atoms with E-state index < -0.39 is 0 Å². The summed E-state index contributed by atoms with van der Waals surface area (Å²) in [6.07, 6.45) is 5.21. The van der Waals surface area contributed by atoms with Crippen LogP contribution in [0.15, 0.2) is 16.6 Å². The number of aromatic nitrogens is 1. The van der Waals surface area contributed by atoms with Crippen molar-refractivity contribution >= 4 is 17.3 Å². The first-order chi connectivity index (χ1) is 10.3. The maximum Gasteiger partial charge on any atom is 0.193 e. The Morgan fingerprint density at radius 1 is 1.57 bits per heavy atom. The average Bonchev–Trinajstić information content (AvgIpc) is 3.22. The van der Waals surface area contributed by atoms with Crippen LogP contribution in [0.5, 0.6) is 0 Å². The van der Waals surface area contributed by atoms with Gasteiger partial charge in [0.2, 0.25) is 0 Å². The van der Waals surface area contributed by atoms with Crippen molar-refractivity contribution < 1.29 is 4.74 Å². The first-order valence-corrected chi connectivity index (χ1v) is 8.69. The van der Waals surface area contributed by atoms with Crippen molar-refractivity contribution in [1.29, 1.82) is 0 Å². The molecule has 6 heteroatoms. The van der Waals surface area contributed by atoms with Crippen LogP contribution in [0.1, 0.15) is 24.8 Å². The van der Waals surface area contributed by atoms with E-state index in [1.165, 1.54) is 12.8 Å². The van der Waals surface area contributed by atoms with Gasteiger partial charge in [0.25, 0.3) is 0 Å². The second-order valence-corrected chi connectivity index (χ2v) is 6.86. The van der Waals surface area contributed by atoms with E-state index in [0.717, 1.165) is 56.8 Å². The molecule has 3 heterocycles. The van der Waals surface area contributed by atoms with Gasteiger partial charge in [-0.3, -0.25) is 4.99 Å². The quantitative estimate of drug-likeness (QED) is 0.680. The summed E-state index contributed by atoms with van der Waals surface area (Å²) < 4.78 is 5.61. The monoisotopic (exact) mass is 308 g/mol. The summed E-state index contributed by atoms with van der Waals surface area (Å²) in [5.41, 5.74) is 0.380. The molecule has 0 aromatic carbocycles. The third-order valence-corrected chi connectivity index (χ3v) is 5.17. The highest BCUT2D eigenvalue weighted by Gasteiger charge is 2.42. The van der Waals surface area contributed by atoms with Crippen LogP contribution in [0.3, 0.4) is 0 Å². The molecule has 0 radical (unpaired) electrons. The molecule has 1 spiro atoms. The molecular weight excluding hydrogens is 284 g/mol. The summed E-state index contributed by atoms with van der Waals surface area (Å²) in [5.74, 6) is 1.05. The molecule has 2 aliphatic rings. The number of nitrogens with one attached hydrogen (secondary N) is 1. The highest BCUT2D eigenvalue weighted by Crippen LogP contribution is 2.38. The van der Waals surface area contributed by atoms with Crippen molar-refractivity contribution in [3.63, 3.8) is 0 Å². The minimum atomic E-state index is 0.380. The van der Waals surface area contributed by atoms with E-state index in [4.69, 9.17) is 9.73 Å². The van der Waals surface area contributed by atoms with Gasteiger partial charge < -0.3 is 15.0 Å². The van der Waals surface area contributed by atoms with Crippen LogP contribution in [0.2, 0.25) is 0 Å². The third kappa shape index (κ3) is 3.55. The maximum absolute atomic E-state index is 5.61. The maximum atomic E-state index is 5.61. The molecule has 0 aliphatic carbocycles. The number of hydrogen-bond donors (Lipinski definition) is 1. The SMILES string of the molecule is CCNC(=NCCc1nccs1)N1CCC2(CCOC2)C1. The number of aliphatic imine (C=N–C) groups is 1. The van der Waals surface area contributed by atoms with Crippen LogP contribution in [0, 0.1) is 5.41 Å². The van der Waals surface area contributed by atoms with Crippen molar-refractivity contribution in [2.24, 2.45) is 10.4 Å². The lowest BCUT2D eigenvalue weighted by atomic mass is 9.87. The summed E-state index contributed by atoms with van der Waals surface area (Å²) in [4.78, 5) is 11.5. The smallest absolute Gasteiger partial charge is 0.193 e. The number of hydrogen-bond acceptors (Lipinski definition) is 4. The van der Waals surface area contributed by atoms with Gasteiger partial charge in [-0.15, -0.1) is 11.3 Å². The van der Waals surface area contributed by atoms with Crippen molar-refractivity contribution in [2.75, 3.05) is 39.4 Å². The number of thiazole rings is 1. The molecule has 21 heavy (non-hydrogen) atoms. The fraction of sp³-hybridized carbons (Fsp3) is 0.733. The van der Waals surface area contributed by atoms with Gasteiger partial charge in [-0.25, -0.2) is 4.98 Å². The van der Waals surface area contributed by atoms with Crippen molar-refractivity contribution in [2.45, 2.75) is 26.2 Å². The van der Waals surface area contributed by atoms with Crippen LogP contribution in [0.25, 0.3) is 0 Å². The van der Waals surface area contributed by atoms with E-state index in [9.17, 15) is 0 Å². The first kappa shape index (κ1) is 14.8. The molecule has 2 saturated heterocycles. The summed E-state index contributed by atoms with van der Waals surface area (Å²) >= 11 is 1.70. The Morgan fingerprint density at radius 2 is 2.52 bits per heavy atom. The molecule has 0 saturated carbocycles. The lowest BCUT2D eigenvalue weighted by Crippen LogP contribution is -2.41. The van der Waals surface area contributed by atoms with E-state index in [2.05, 4.69) is 22.1 Å². The molecule has 5 nitrogen and oxygen atoms in total. The van der Waals surface area contributed by atoms with Crippen LogP contribution in [0.4, 0.5) is 0 Å². The minimum Gasteiger partial charge on any atom is -0.381 e. The van der Waals surface area contributed by atoms with Crippen molar-refractivity contribution in [1.82, 2.24) is 15.2 Å². The van der Waals surface area contributed by atoms with Gasteiger partial charge in [-0.05, 0) is 19.8 Å². The van der Waals surface area contributed by atoms with E-state index >= 15 is 0 Å². The molecule has 1 unspecified atom stereocenters. The van der Waals surface area contributed by atoms with Crippen LogP contribution >= 0.6 is 11.3 Å². The molecular formula is C15H24N4OS. The molecule has 1 aromatic heterocycles. The zero-order valence-electron chi connectivity index (χ0n) is 12.7. The molecule has 116 valence electrons. The number of ether oxygens (including phenoxy) is 1. The molecule has 2 aliphatic heterocycles. The van der Waals surface area contributed by atoms with Gasteiger partial charge in [0.15, 0.2) is 5.96 Å². The Labute approximate surface area is 130 Å². The summed E-state index contributed by atoms with van der Waals surface area (Å²) in [7, 11) is 0. The van der Waals surface area contributed by atoms with Crippen molar-refractivity contribution in [3.05, 3.63) is 16.6 Å². The molecule has 0 bridgehead atoms. The van der Waals surface area contributed by atoms with Gasteiger partial charge in [0, 0.05) is 56.2 Å². The normalized spacial score (nSPS) is 26.0. The second kappa shape index (κ2) is 6.75. The Balaban J connectivity index is 1.58. The largest absolute Gasteiger partial charge is 0.381 e. The average molecular weight is 308 g/mol. The summed E-state index contributed by atoms with van der Waals surface area (Å²) in [6.45, 7) is 7.85. The molecule has 2 fully saturated rings. The van der Waals surface area contributed by atoms with Crippen LogP contribution < -0.4 is 5.32 Å². The Bertz CT molecular complexity index is 468. The Hall–Kier alpha value is -1.14. The first-order valence-electron chi connectivity index (χ1n) is 7.81. The highest BCUT2D eigenvalue weighted by molar-refractivity contribution is 7.09. The lowest BCUT2D eigenvalue weighted by Gasteiger charge is -2.24. The van der Waals surface area contributed by atoms with Gasteiger partial charge in [-0.2, -0.15) is 0 Å². The molecule has 1 aromatic rings. The van der Waals surface area contributed by atoms with Gasteiger partial charge in [-0.1, -0.05) is 0 Å². The predicted molar refractivity (Wildman–Crippen MR) is 85.9 cm³/mol. The fourth-order valence-electron chi connectivity index (χ4n) is 3.15. The summed E-state index contributed by atoms with van der Waals surface area (Å²) in [6, 6.07) is 0. The molecule has 1 atom stereocenters. The number of rotatable bonds is 4. The van der Waals surface area contributed by atoms with Crippen LogP contribution in [-0.4, -0.2) is 55.2 Å². The molecule has 1 N–H and O–H groups in total. The lowest BCUT2D eigenvalue weighted by molar-refractivity contribution is 0.156. The third-order valence-electron chi connectivity index (χ3n) is 4.33. The zero-order chi connectivity index (χ0) is 14.5. The second-order valence-electron chi connectivity index (χ2n) is 5.89. The van der Waals surface area contributed by atoms with E-state index in [0.29, 0.717) is 5.41 Å². The van der Waals surface area contributed by atoms with Gasteiger partial charge >= 0.3 is 0 Å². The molecule has 0 amide bonds. The minimum absolute atomic E-state index is 0.380.